The first-order valence-electron chi connectivity index (χ1n) is 6.27. The van der Waals surface area contributed by atoms with Crippen LogP contribution in [-0.2, 0) is 6.61 Å². The SMILES string of the molecule is COc1ccc2c(c1O)OCc1cc(Cl)c(O)c(C=O)c1O2. The van der Waals surface area contributed by atoms with E-state index in [1.54, 1.807) is 0 Å². The van der Waals surface area contributed by atoms with Crippen molar-refractivity contribution in [3.8, 4) is 34.5 Å². The van der Waals surface area contributed by atoms with E-state index in [1.807, 2.05) is 0 Å². The number of aldehydes is 1. The number of methoxy groups -OCH3 is 1. The minimum atomic E-state index is -0.364. The minimum Gasteiger partial charge on any atom is -0.505 e. The van der Waals surface area contributed by atoms with Crippen molar-refractivity contribution in [3.63, 3.8) is 0 Å². The van der Waals surface area contributed by atoms with Gasteiger partial charge < -0.3 is 24.4 Å². The van der Waals surface area contributed by atoms with Crippen LogP contribution < -0.4 is 14.2 Å². The Morgan fingerprint density at radius 3 is 2.73 bits per heavy atom. The predicted octanol–water partition coefficient (Wildman–Crippen LogP) is 3.26. The van der Waals surface area contributed by atoms with Crippen LogP contribution in [0.15, 0.2) is 18.2 Å². The largest absolute Gasteiger partial charge is 0.505 e. The second kappa shape index (κ2) is 5.31. The van der Waals surface area contributed by atoms with E-state index in [4.69, 9.17) is 25.8 Å². The van der Waals surface area contributed by atoms with Gasteiger partial charge in [-0.25, -0.2) is 0 Å². The predicted molar refractivity (Wildman–Crippen MR) is 77.6 cm³/mol. The molecule has 0 atom stereocenters. The molecule has 0 bridgehead atoms. The second-order valence-electron chi connectivity index (χ2n) is 4.56. The number of phenolic OH excluding ortho intramolecular Hbond substituents is 2. The van der Waals surface area contributed by atoms with Gasteiger partial charge in [0.1, 0.15) is 23.7 Å². The summed E-state index contributed by atoms with van der Waals surface area (Å²) in [6.45, 7) is 0.00387. The molecule has 1 aliphatic rings. The van der Waals surface area contributed by atoms with Gasteiger partial charge in [0.2, 0.25) is 11.5 Å². The van der Waals surface area contributed by atoms with Crippen molar-refractivity contribution in [1.29, 1.82) is 0 Å². The third-order valence-corrected chi connectivity index (χ3v) is 3.59. The molecule has 0 spiro atoms. The molecule has 0 aromatic heterocycles. The summed E-state index contributed by atoms with van der Waals surface area (Å²) >= 11 is 5.88. The highest BCUT2D eigenvalue weighted by molar-refractivity contribution is 6.32. The maximum absolute atomic E-state index is 11.2. The lowest BCUT2D eigenvalue weighted by Crippen LogP contribution is -1.97. The number of aromatic hydroxyl groups is 2. The Balaban J connectivity index is 2.18. The molecule has 0 fully saturated rings. The van der Waals surface area contributed by atoms with Crippen LogP contribution in [0.1, 0.15) is 15.9 Å². The molecule has 0 aliphatic carbocycles. The molecule has 0 unspecified atom stereocenters. The Morgan fingerprint density at radius 1 is 1.27 bits per heavy atom. The number of phenols is 2. The normalized spacial score (nSPS) is 12.3. The van der Waals surface area contributed by atoms with Gasteiger partial charge in [0.15, 0.2) is 17.8 Å². The fraction of sp³-hybridized carbons (Fsp3) is 0.133. The van der Waals surface area contributed by atoms with Gasteiger partial charge >= 0.3 is 0 Å². The molecule has 0 amide bonds. The fourth-order valence-electron chi connectivity index (χ4n) is 2.21. The van der Waals surface area contributed by atoms with Gasteiger partial charge in [0.05, 0.1) is 12.1 Å². The van der Waals surface area contributed by atoms with Gasteiger partial charge in [-0.05, 0) is 18.2 Å². The summed E-state index contributed by atoms with van der Waals surface area (Å²) in [5, 5.41) is 20.0. The van der Waals surface area contributed by atoms with Crippen LogP contribution in [0.3, 0.4) is 0 Å². The van der Waals surface area contributed by atoms with Gasteiger partial charge in [-0.1, -0.05) is 11.6 Å². The van der Waals surface area contributed by atoms with Crippen molar-refractivity contribution in [2.45, 2.75) is 6.61 Å². The molecule has 0 saturated heterocycles. The molecule has 114 valence electrons. The molecule has 1 heterocycles. The first-order valence-corrected chi connectivity index (χ1v) is 6.64. The zero-order valence-electron chi connectivity index (χ0n) is 11.4. The van der Waals surface area contributed by atoms with Crippen molar-refractivity contribution in [3.05, 3.63) is 34.3 Å². The molecule has 7 heteroatoms. The first kappa shape index (κ1) is 14.3. The zero-order chi connectivity index (χ0) is 15.9. The van der Waals surface area contributed by atoms with Crippen molar-refractivity contribution in [2.75, 3.05) is 7.11 Å². The van der Waals surface area contributed by atoms with Gasteiger partial charge in [-0.2, -0.15) is 0 Å². The van der Waals surface area contributed by atoms with Crippen LogP contribution in [0.5, 0.6) is 34.5 Å². The molecule has 2 aromatic carbocycles. The second-order valence-corrected chi connectivity index (χ2v) is 4.97. The smallest absolute Gasteiger partial charge is 0.208 e. The average molecular weight is 323 g/mol. The molecule has 0 saturated carbocycles. The van der Waals surface area contributed by atoms with E-state index in [0.29, 0.717) is 11.8 Å². The Hall–Kier alpha value is -2.60. The lowest BCUT2D eigenvalue weighted by molar-refractivity contribution is 0.111. The summed E-state index contributed by atoms with van der Waals surface area (Å²) in [7, 11) is 1.41. The fourth-order valence-corrected chi connectivity index (χ4v) is 2.45. The Bertz CT molecular complexity index is 771. The summed E-state index contributed by atoms with van der Waals surface area (Å²) in [6.07, 6.45) is 0.453. The molecule has 0 radical (unpaired) electrons. The van der Waals surface area contributed by atoms with Crippen LogP contribution in [0.2, 0.25) is 5.02 Å². The molecule has 22 heavy (non-hydrogen) atoms. The summed E-state index contributed by atoms with van der Waals surface area (Å²) in [5.41, 5.74) is 0.397. The van der Waals surface area contributed by atoms with E-state index in [0.717, 1.165) is 0 Å². The Kier molecular flexibility index (Phi) is 3.46. The molecular formula is C15H11ClO6. The highest BCUT2D eigenvalue weighted by Gasteiger charge is 2.26. The number of rotatable bonds is 2. The number of hydrogen-bond donors (Lipinski definition) is 2. The highest BCUT2D eigenvalue weighted by Crippen LogP contribution is 2.49. The minimum absolute atomic E-state index is 0.00387. The lowest BCUT2D eigenvalue weighted by Gasteiger charge is -2.12. The number of fused-ring (bicyclic) bond motifs is 2. The molecule has 2 aromatic rings. The van der Waals surface area contributed by atoms with Gasteiger partial charge in [-0.15, -0.1) is 0 Å². The molecule has 6 nitrogen and oxygen atoms in total. The van der Waals surface area contributed by atoms with Gasteiger partial charge in [0.25, 0.3) is 0 Å². The third kappa shape index (κ3) is 2.08. The number of carbonyl (C=O) groups is 1. The Morgan fingerprint density at radius 2 is 2.05 bits per heavy atom. The number of ether oxygens (including phenoxy) is 3. The zero-order valence-corrected chi connectivity index (χ0v) is 12.2. The summed E-state index contributed by atoms with van der Waals surface area (Å²) < 4.78 is 16.2. The molecular weight excluding hydrogens is 312 g/mol. The van der Waals surface area contributed by atoms with E-state index in [9.17, 15) is 15.0 Å². The van der Waals surface area contributed by atoms with Crippen LogP contribution in [0.25, 0.3) is 0 Å². The summed E-state index contributed by atoms with van der Waals surface area (Å²) in [5.74, 6) is 0.0716. The van der Waals surface area contributed by atoms with Gasteiger partial charge in [-0.3, -0.25) is 4.79 Å². The third-order valence-electron chi connectivity index (χ3n) is 3.30. The summed E-state index contributed by atoms with van der Waals surface area (Å²) in [6, 6.07) is 4.47. The van der Waals surface area contributed by atoms with Gasteiger partial charge in [0, 0.05) is 5.56 Å². The van der Waals surface area contributed by atoms with Crippen molar-refractivity contribution in [1.82, 2.24) is 0 Å². The van der Waals surface area contributed by atoms with E-state index >= 15 is 0 Å². The van der Waals surface area contributed by atoms with Crippen LogP contribution >= 0.6 is 11.6 Å². The van der Waals surface area contributed by atoms with Crippen LogP contribution in [-0.4, -0.2) is 23.6 Å². The Labute approximate surface area is 130 Å². The maximum atomic E-state index is 11.2. The number of hydrogen-bond acceptors (Lipinski definition) is 6. The van der Waals surface area contributed by atoms with Crippen molar-refractivity contribution in [2.24, 2.45) is 0 Å². The van der Waals surface area contributed by atoms with E-state index < -0.39 is 0 Å². The average Bonchev–Trinajstić information content (AvgIpc) is 2.69. The highest BCUT2D eigenvalue weighted by atomic mass is 35.5. The van der Waals surface area contributed by atoms with E-state index in [1.165, 1.54) is 25.3 Å². The lowest BCUT2D eigenvalue weighted by atomic mass is 10.1. The van der Waals surface area contributed by atoms with Crippen LogP contribution in [0.4, 0.5) is 0 Å². The van der Waals surface area contributed by atoms with Crippen molar-refractivity contribution >= 4 is 17.9 Å². The van der Waals surface area contributed by atoms with Crippen molar-refractivity contribution < 1.29 is 29.2 Å². The first-order chi connectivity index (χ1) is 10.6. The van der Waals surface area contributed by atoms with Crippen LogP contribution in [0, 0.1) is 0 Å². The monoisotopic (exact) mass is 322 g/mol. The molecule has 3 rings (SSSR count). The quantitative estimate of drug-likeness (QED) is 0.825. The van der Waals surface area contributed by atoms with E-state index in [2.05, 4.69) is 0 Å². The maximum Gasteiger partial charge on any atom is 0.208 e. The topological polar surface area (TPSA) is 85.2 Å². The summed E-state index contributed by atoms with van der Waals surface area (Å²) in [4.78, 5) is 11.2. The number of carbonyl (C=O) groups excluding carboxylic acids is 1. The molecule has 1 aliphatic heterocycles. The van der Waals surface area contributed by atoms with E-state index in [-0.39, 0.29) is 51.7 Å². The number of benzene rings is 2. The number of halogens is 1. The molecule has 2 N–H and O–H groups in total. The standard InChI is InChI=1S/C15H11ClO6/c1-20-10-2-3-11-15(13(10)19)21-6-7-4-9(16)12(18)8(5-17)14(7)22-11/h2-5,18-19H,6H2,1H3.